The zero-order valence-corrected chi connectivity index (χ0v) is 26.7. The molecule has 2 aromatic carbocycles. The molecule has 2 aliphatic rings. The molecule has 4 unspecified atom stereocenters. The molecule has 4 rings (SSSR count). The zero-order chi connectivity index (χ0) is 32.4. The predicted octanol–water partition coefficient (Wildman–Crippen LogP) is 5.17. The second-order valence-electron chi connectivity index (χ2n) is 12.1. The Bertz CT molecular complexity index is 1000. The van der Waals surface area contributed by atoms with Crippen molar-refractivity contribution in [2.24, 2.45) is 0 Å². The van der Waals surface area contributed by atoms with Gasteiger partial charge in [-0.2, -0.15) is 0 Å². The first-order valence-electron chi connectivity index (χ1n) is 16.7. The highest BCUT2D eigenvalue weighted by Gasteiger charge is 2.40. The molecule has 2 aromatic rings. The second-order valence-corrected chi connectivity index (χ2v) is 12.1. The minimum absolute atomic E-state index is 0.0469. The number of hydrogen-bond donors (Lipinski definition) is 2. The van der Waals surface area contributed by atoms with E-state index in [0.29, 0.717) is 65.3 Å². The lowest BCUT2D eigenvalue weighted by molar-refractivity contribution is -0.547. The van der Waals surface area contributed by atoms with Gasteiger partial charge in [0.1, 0.15) is 12.2 Å². The maximum atomic E-state index is 12.3. The largest absolute Gasteiger partial charge is 0.386 e. The summed E-state index contributed by atoms with van der Waals surface area (Å²) in [6.07, 6.45) is 1.06. The van der Waals surface area contributed by atoms with Crippen molar-refractivity contribution < 1.29 is 43.6 Å². The smallest absolute Gasteiger partial charge is 0.264 e. The van der Waals surface area contributed by atoms with E-state index in [4.69, 9.17) is 28.4 Å². The van der Waals surface area contributed by atoms with Crippen molar-refractivity contribution in [3.05, 3.63) is 81.9 Å². The monoisotopic (exact) mass is 645 g/mol. The molecule has 2 fully saturated rings. The van der Waals surface area contributed by atoms with Crippen LogP contribution in [0, 0.1) is 10.1 Å². The maximum Gasteiger partial charge on any atom is 0.264 e. The van der Waals surface area contributed by atoms with E-state index in [-0.39, 0.29) is 12.8 Å². The average molecular weight is 646 g/mol. The molecule has 0 radical (unpaired) electrons. The highest BCUT2D eigenvalue weighted by atomic mass is 16.7. The van der Waals surface area contributed by atoms with Gasteiger partial charge in [-0.05, 0) is 62.5 Å². The molecule has 0 aliphatic carbocycles. The van der Waals surface area contributed by atoms with Crippen molar-refractivity contribution in [1.82, 2.24) is 0 Å². The molecule has 0 bridgehead atoms. The van der Waals surface area contributed by atoms with E-state index < -0.39 is 48.0 Å². The van der Waals surface area contributed by atoms with Crippen LogP contribution in [0.2, 0.25) is 0 Å². The number of nitro groups is 1. The molecule has 0 saturated carbocycles. The molecule has 2 N–H and O–H groups in total. The Balaban J connectivity index is 1.34. The van der Waals surface area contributed by atoms with Crippen LogP contribution in [0.1, 0.15) is 75.3 Å². The summed E-state index contributed by atoms with van der Waals surface area (Å²) in [6, 6.07) is 17.9. The molecule has 0 aromatic heterocycles. The number of nitrogens with zero attached hydrogens (tertiary/aromatic N) is 1. The van der Waals surface area contributed by atoms with Crippen LogP contribution in [-0.4, -0.2) is 84.6 Å². The second kappa shape index (κ2) is 20.7. The van der Waals surface area contributed by atoms with Crippen molar-refractivity contribution in [3.8, 4) is 0 Å². The van der Waals surface area contributed by atoms with Crippen molar-refractivity contribution in [2.75, 3.05) is 26.4 Å². The number of rotatable bonds is 21. The SMILES string of the molecule is O=[N+]([O-])C(C(O)C[C@H](CCOCc1ccccc1)OC1CCCCO1)C(O)C[C@H](CCOCc1ccccc1)OC1CCCCO1. The quantitative estimate of drug-likeness (QED) is 0.106. The normalized spacial score (nSPS) is 22.0. The summed E-state index contributed by atoms with van der Waals surface area (Å²) in [5.74, 6) is 0. The molecule has 6 atom stereocenters. The summed E-state index contributed by atoms with van der Waals surface area (Å²) >= 11 is 0. The van der Waals surface area contributed by atoms with Gasteiger partial charge in [0.25, 0.3) is 6.04 Å². The summed E-state index contributed by atoms with van der Waals surface area (Å²) in [4.78, 5) is 11.7. The van der Waals surface area contributed by atoms with Gasteiger partial charge in [-0.25, -0.2) is 0 Å². The third-order valence-corrected chi connectivity index (χ3v) is 8.40. The molecule has 2 saturated heterocycles. The van der Waals surface area contributed by atoms with Crippen LogP contribution in [0.4, 0.5) is 0 Å². The van der Waals surface area contributed by atoms with Gasteiger partial charge in [0, 0.05) is 44.2 Å². The van der Waals surface area contributed by atoms with Gasteiger partial charge in [0.2, 0.25) is 0 Å². The van der Waals surface area contributed by atoms with E-state index >= 15 is 0 Å². The zero-order valence-electron chi connectivity index (χ0n) is 26.7. The van der Waals surface area contributed by atoms with E-state index in [1.54, 1.807) is 0 Å². The van der Waals surface area contributed by atoms with Crippen molar-refractivity contribution >= 4 is 0 Å². The average Bonchev–Trinajstić information content (AvgIpc) is 3.06. The van der Waals surface area contributed by atoms with Gasteiger partial charge in [0.15, 0.2) is 12.6 Å². The summed E-state index contributed by atoms with van der Waals surface area (Å²) in [7, 11) is 0. The highest BCUT2D eigenvalue weighted by Crippen LogP contribution is 2.25. The van der Waals surface area contributed by atoms with Crippen LogP contribution in [0.25, 0.3) is 0 Å². The lowest BCUT2D eigenvalue weighted by Crippen LogP contribution is -2.47. The molecule has 0 amide bonds. The minimum atomic E-state index is -1.63. The Morgan fingerprint density at radius 1 is 0.717 bits per heavy atom. The molecule has 11 heteroatoms. The van der Waals surface area contributed by atoms with E-state index in [9.17, 15) is 20.3 Å². The van der Waals surface area contributed by atoms with Crippen LogP contribution >= 0.6 is 0 Å². The van der Waals surface area contributed by atoms with E-state index in [1.165, 1.54) is 0 Å². The van der Waals surface area contributed by atoms with Gasteiger partial charge in [-0.3, -0.25) is 10.1 Å². The lowest BCUT2D eigenvalue weighted by atomic mass is 9.94. The standard InChI is InChI=1S/C35H51NO10/c37-31(23-29(45-33-15-7-9-19-43-33)17-21-41-25-27-11-3-1-4-12-27)35(36(39)40)32(38)24-30(46-34-16-8-10-20-44-34)18-22-42-26-28-13-5-2-6-14-28/h1-6,11-14,29-35,37-38H,7-10,15-26H2/t29-,30-,31?,32?,33?,34?,35?/m0/s1. The van der Waals surface area contributed by atoms with Crippen LogP contribution < -0.4 is 0 Å². The van der Waals surface area contributed by atoms with E-state index in [0.717, 1.165) is 36.8 Å². The number of aliphatic hydroxyl groups excluding tert-OH is 2. The number of ether oxygens (including phenoxy) is 6. The Labute approximate surface area is 272 Å². The molecule has 2 heterocycles. The van der Waals surface area contributed by atoms with Crippen molar-refractivity contribution in [3.63, 3.8) is 0 Å². The molecular weight excluding hydrogens is 594 g/mol. The fraction of sp³-hybridized carbons (Fsp3) is 0.657. The molecule has 256 valence electrons. The Hall–Kier alpha value is -2.48. The number of hydrogen-bond acceptors (Lipinski definition) is 10. The predicted molar refractivity (Wildman–Crippen MR) is 170 cm³/mol. The van der Waals surface area contributed by atoms with Gasteiger partial charge in [0.05, 0.1) is 25.4 Å². The summed E-state index contributed by atoms with van der Waals surface area (Å²) in [5, 5.41) is 34.7. The van der Waals surface area contributed by atoms with Gasteiger partial charge in [-0.15, -0.1) is 0 Å². The van der Waals surface area contributed by atoms with Crippen LogP contribution in [0.3, 0.4) is 0 Å². The molecular formula is C35H51NO10. The number of aliphatic hydroxyl groups is 2. The topological polar surface area (TPSA) is 139 Å². The van der Waals surface area contributed by atoms with Gasteiger partial charge in [-0.1, -0.05) is 60.7 Å². The van der Waals surface area contributed by atoms with Crippen LogP contribution in [0.15, 0.2) is 60.7 Å². The van der Waals surface area contributed by atoms with E-state index in [2.05, 4.69) is 0 Å². The first kappa shape index (κ1) is 36.4. The minimum Gasteiger partial charge on any atom is -0.386 e. The summed E-state index contributed by atoms with van der Waals surface area (Å²) in [6.45, 7) is 2.69. The Kier molecular flexibility index (Phi) is 16.4. The van der Waals surface area contributed by atoms with Crippen molar-refractivity contribution in [1.29, 1.82) is 0 Å². The molecule has 0 spiro atoms. The third-order valence-electron chi connectivity index (χ3n) is 8.40. The lowest BCUT2D eigenvalue weighted by Gasteiger charge is -2.31. The number of benzene rings is 2. The molecule has 11 nitrogen and oxygen atoms in total. The Morgan fingerprint density at radius 3 is 1.52 bits per heavy atom. The fourth-order valence-corrected chi connectivity index (χ4v) is 5.86. The van der Waals surface area contributed by atoms with Crippen molar-refractivity contribution in [2.45, 2.75) is 120 Å². The first-order chi connectivity index (χ1) is 22.5. The molecule has 2 aliphatic heterocycles. The van der Waals surface area contributed by atoms with Gasteiger partial charge >= 0.3 is 0 Å². The summed E-state index contributed by atoms with van der Waals surface area (Å²) < 4.78 is 35.6. The Morgan fingerprint density at radius 2 is 1.15 bits per heavy atom. The van der Waals surface area contributed by atoms with Gasteiger partial charge < -0.3 is 38.6 Å². The summed E-state index contributed by atoms with van der Waals surface area (Å²) in [5.41, 5.74) is 2.07. The van der Waals surface area contributed by atoms with E-state index in [1.807, 2.05) is 60.7 Å². The first-order valence-corrected chi connectivity index (χ1v) is 16.7. The third kappa shape index (κ3) is 13.3. The fourth-order valence-electron chi connectivity index (χ4n) is 5.86. The van der Waals surface area contributed by atoms with Crippen LogP contribution in [-0.2, 0) is 41.6 Å². The van der Waals surface area contributed by atoms with Crippen LogP contribution in [0.5, 0.6) is 0 Å². The maximum absolute atomic E-state index is 12.3. The highest BCUT2D eigenvalue weighted by molar-refractivity contribution is 5.14. The molecule has 46 heavy (non-hydrogen) atoms.